The molecule has 2 aromatic carbocycles. The first-order valence-electron chi connectivity index (χ1n) is 8.50. The Hall–Kier alpha value is -1.60. The van der Waals surface area contributed by atoms with Crippen LogP contribution in [0.3, 0.4) is 0 Å². The van der Waals surface area contributed by atoms with Crippen LogP contribution in [0.2, 0.25) is 0 Å². The molecule has 0 N–H and O–H groups in total. The second-order valence-electron chi connectivity index (χ2n) is 6.97. The maximum Gasteiger partial charge on any atom is 0.00219 e. The minimum atomic E-state index is 0.324. The van der Waals surface area contributed by atoms with Gasteiger partial charge in [-0.15, -0.1) is 0 Å². The fourth-order valence-corrected chi connectivity index (χ4v) is 3.70. The summed E-state index contributed by atoms with van der Waals surface area (Å²) < 4.78 is 0. The molecule has 0 spiro atoms. The van der Waals surface area contributed by atoms with Gasteiger partial charge in [-0.1, -0.05) is 74.5 Å². The van der Waals surface area contributed by atoms with Crippen LogP contribution in [-0.2, 0) is 11.8 Å². The zero-order chi connectivity index (χ0) is 15.4. The molecular weight excluding hydrogens is 266 g/mol. The lowest BCUT2D eigenvalue weighted by Crippen LogP contribution is -2.47. The van der Waals surface area contributed by atoms with Crippen LogP contribution in [0.1, 0.15) is 31.4 Å². The summed E-state index contributed by atoms with van der Waals surface area (Å²) in [6.45, 7) is 8.46. The number of piperidine rings is 1. The standard InChI is InChI=1S/C21H27N/c1-18-17-22(15-13-19-9-5-3-6-10-19)16-14-21(18,2)20-11-7-4-8-12-20/h3-12,18H,13-17H2,1-2H3/t18-,21-/m0/s1. The number of hydrogen-bond acceptors (Lipinski definition) is 1. The molecule has 3 rings (SSSR count). The minimum Gasteiger partial charge on any atom is -0.303 e. The van der Waals surface area contributed by atoms with Crippen molar-refractivity contribution >= 4 is 0 Å². The Morgan fingerprint density at radius 2 is 1.64 bits per heavy atom. The SMILES string of the molecule is C[C@H]1CN(CCc2ccccc2)CC[C@]1(C)c1ccccc1. The predicted molar refractivity (Wildman–Crippen MR) is 94.2 cm³/mol. The largest absolute Gasteiger partial charge is 0.303 e. The van der Waals surface area contributed by atoms with E-state index < -0.39 is 0 Å². The van der Waals surface area contributed by atoms with Crippen molar-refractivity contribution in [2.45, 2.75) is 32.1 Å². The van der Waals surface area contributed by atoms with Crippen LogP contribution in [-0.4, -0.2) is 24.5 Å². The van der Waals surface area contributed by atoms with E-state index in [-0.39, 0.29) is 0 Å². The molecule has 1 heterocycles. The number of hydrogen-bond donors (Lipinski definition) is 0. The molecule has 0 amide bonds. The van der Waals surface area contributed by atoms with E-state index in [0.717, 1.165) is 6.42 Å². The normalized spacial score (nSPS) is 26.0. The Balaban J connectivity index is 1.60. The van der Waals surface area contributed by atoms with E-state index in [2.05, 4.69) is 79.4 Å². The van der Waals surface area contributed by atoms with Crippen LogP contribution in [0.5, 0.6) is 0 Å². The first kappa shape index (κ1) is 15.3. The van der Waals surface area contributed by atoms with Crippen molar-refractivity contribution in [3.63, 3.8) is 0 Å². The van der Waals surface area contributed by atoms with Gasteiger partial charge in [0, 0.05) is 13.1 Å². The third-order valence-corrected chi connectivity index (χ3v) is 5.56. The summed E-state index contributed by atoms with van der Waals surface area (Å²) >= 11 is 0. The van der Waals surface area contributed by atoms with Gasteiger partial charge < -0.3 is 4.90 Å². The summed E-state index contributed by atoms with van der Waals surface area (Å²) in [6, 6.07) is 21.9. The molecule has 1 heteroatoms. The van der Waals surface area contributed by atoms with E-state index in [0.29, 0.717) is 11.3 Å². The smallest absolute Gasteiger partial charge is 0.00219 e. The van der Waals surface area contributed by atoms with E-state index in [1.54, 1.807) is 0 Å². The Bertz CT molecular complexity index is 577. The van der Waals surface area contributed by atoms with Crippen LogP contribution in [0.4, 0.5) is 0 Å². The summed E-state index contributed by atoms with van der Waals surface area (Å²) in [5.41, 5.74) is 3.28. The van der Waals surface area contributed by atoms with Gasteiger partial charge in [-0.3, -0.25) is 0 Å². The number of rotatable bonds is 4. The summed E-state index contributed by atoms with van der Waals surface area (Å²) in [7, 11) is 0. The van der Waals surface area contributed by atoms with E-state index in [4.69, 9.17) is 0 Å². The maximum absolute atomic E-state index is 2.64. The molecule has 0 radical (unpaired) electrons. The van der Waals surface area contributed by atoms with Crippen LogP contribution in [0, 0.1) is 5.92 Å². The molecule has 1 saturated heterocycles. The molecule has 0 saturated carbocycles. The van der Waals surface area contributed by atoms with Crippen molar-refractivity contribution in [2.24, 2.45) is 5.92 Å². The third kappa shape index (κ3) is 3.25. The lowest BCUT2D eigenvalue weighted by atomic mass is 9.68. The summed E-state index contributed by atoms with van der Waals surface area (Å²) in [6.07, 6.45) is 2.42. The van der Waals surface area contributed by atoms with Crippen LogP contribution in [0.15, 0.2) is 60.7 Å². The van der Waals surface area contributed by atoms with Gasteiger partial charge in [0.25, 0.3) is 0 Å². The van der Waals surface area contributed by atoms with Crippen molar-refractivity contribution in [1.29, 1.82) is 0 Å². The highest BCUT2D eigenvalue weighted by atomic mass is 15.1. The van der Waals surface area contributed by atoms with Crippen molar-refractivity contribution in [3.05, 3.63) is 71.8 Å². The Labute approximate surface area is 135 Å². The second-order valence-corrected chi connectivity index (χ2v) is 6.97. The predicted octanol–water partition coefficient (Wildman–Crippen LogP) is 4.53. The Kier molecular flexibility index (Phi) is 4.63. The summed E-state index contributed by atoms with van der Waals surface area (Å²) in [5, 5.41) is 0. The average molecular weight is 293 g/mol. The van der Waals surface area contributed by atoms with Gasteiger partial charge in [-0.25, -0.2) is 0 Å². The molecule has 1 aliphatic heterocycles. The minimum absolute atomic E-state index is 0.324. The molecule has 1 aliphatic rings. The van der Waals surface area contributed by atoms with Crippen LogP contribution >= 0.6 is 0 Å². The molecule has 116 valence electrons. The van der Waals surface area contributed by atoms with Crippen LogP contribution in [0.25, 0.3) is 0 Å². The summed E-state index contributed by atoms with van der Waals surface area (Å²) in [5.74, 6) is 0.694. The highest BCUT2D eigenvalue weighted by Crippen LogP contribution is 2.39. The van der Waals surface area contributed by atoms with E-state index in [1.165, 1.54) is 37.2 Å². The van der Waals surface area contributed by atoms with Gasteiger partial charge in [0.2, 0.25) is 0 Å². The zero-order valence-electron chi connectivity index (χ0n) is 13.8. The van der Waals surface area contributed by atoms with Gasteiger partial charge in [-0.05, 0) is 41.8 Å². The van der Waals surface area contributed by atoms with E-state index in [1.807, 2.05) is 0 Å². The molecule has 1 nitrogen and oxygen atoms in total. The Morgan fingerprint density at radius 1 is 1.00 bits per heavy atom. The highest BCUT2D eigenvalue weighted by molar-refractivity contribution is 5.26. The van der Waals surface area contributed by atoms with Gasteiger partial charge in [0.05, 0.1) is 0 Å². The second kappa shape index (κ2) is 6.66. The molecule has 2 atom stereocenters. The Morgan fingerprint density at radius 3 is 2.27 bits per heavy atom. The van der Waals surface area contributed by atoms with Gasteiger partial charge in [0.15, 0.2) is 0 Å². The zero-order valence-corrected chi connectivity index (χ0v) is 13.8. The van der Waals surface area contributed by atoms with Crippen molar-refractivity contribution in [2.75, 3.05) is 19.6 Å². The van der Waals surface area contributed by atoms with Crippen molar-refractivity contribution < 1.29 is 0 Å². The lowest BCUT2D eigenvalue weighted by molar-refractivity contribution is 0.112. The molecule has 22 heavy (non-hydrogen) atoms. The quantitative estimate of drug-likeness (QED) is 0.800. The highest BCUT2D eigenvalue weighted by Gasteiger charge is 2.37. The van der Waals surface area contributed by atoms with Gasteiger partial charge in [0.1, 0.15) is 0 Å². The third-order valence-electron chi connectivity index (χ3n) is 5.56. The van der Waals surface area contributed by atoms with E-state index in [9.17, 15) is 0 Å². The molecule has 0 aromatic heterocycles. The molecule has 1 fully saturated rings. The summed E-state index contributed by atoms with van der Waals surface area (Å²) in [4.78, 5) is 2.64. The van der Waals surface area contributed by atoms with Gasteiger partial charge in [-0.2, -0.15) is 0 Å². The maximum atomic E-state index is 2.64. The first-order chi connectivity index (χ1) is 10.7. The van der Waals surface area contributed by atoms with Crippen molar-refractivity contribution in [1.82, 2.24) is 4.90 Å². The fraction of sp³-hybridized carbons (Fsp3) is 0.429. The average Bonchev–Trinajstić information content (AvgIpc) is 2.58. The molecule has 0 aliphatic carbocycles. The van der Waals surface area contributed by atoms with Crippen molar-refractivity contribution in [3.8, 4) is 0 Å². The molecular formula is C21H27N. The number of nitrogens with zero attached hydrogens (tertiary/aromatic N) is 1. The van der Waals surface area contributed by atoms with Gasteiger partial charge >= 0.3 is 0 Å². The fourth-order valence-electron chi connectivity index (χ4n) is 3.70. The topological polar surface area (TPSA) is 3.24 Å². The lowest BCUT2D eigenvalue weighted by Gasteiger charge is -2.45. The first-order valence-corrected chi connectivity index (χ1v) is 8.50. The van der Waals surface area contributed by atoms with Crippen LogP contribution < -0.4 is 0 Å². The number of benzene rings is 2. The monoisotopic (exact) mass is 293 g/mol. The molecule has 2 aromatic rings. The van der Waals surface area contributed by atoms with E-state index >= 15 is 0 Å². The molecule has 0 bridgehead atoms. The number of likely N-dealkylation sites (tertiary alicyclic amines) is 1. The molecule has 0 unspecified atom stereocenters.